The van der Waals surface area contributed by atoms with E-state index in [0.29, 0.717) is 30.4 Å². The van der Waals surface area contributed by atoms with Gasteiger partial charge in [0.1, 0.15) is 0 Å². The van der Waals surface area contributed by atoms with Gasteiger partial charge in [0.15, 0.2) is 5.78 Å². The average Bonchev–Trinajstić information content (AvgIpc) is 2.79. The van der Waals surface area contributed by atoms with Crippen LogP contribution < -0.4 is 5.32 Å². The highest BCUT2D eigenvalue weighted by atomic mass is 32.2. The number of nitrogens with zero attached hydrogens (tertiary/aromatic N) is 1. The molecule has 33 heavy (non-hydrogen) atoms. The van der Waals surface area contributed by atoms with Crippen molar-refractivity contribution >= 4 is 21.7 Å². The zero-order chi connectivity index (χ0) is 24.2. The molecule has 0 spiro atoms. The quantitative estimate of drug-likeness (QED) is 0.611. The molecule has 0 saturated carbocycles. The van der Waals surface area contributed by atoms with Crippen LogP contribution in [0, 0.1) is 5.92 Å². The number of amides is 1. The van der Waals surface area contributed by atoms with Crippen molar-refractivity contribution in [3.8, 4) is 0 Å². The van der Waals surface area contributed by atoms with Crippen LogP contribution in [-0.2, 0) is 27.4 Å². The maximum atomic E-state index is 12.9. The molecule has 1 N–H and O–H groups in total. The third kappa shape index (κ3) is 6.20. The van der Waals surface area contributed by atoms with Gasteiger partial charge >= 0.3 is 6.18 Å². The Morgan fingerprint density at radius 3 is 2.27 bits per heavy atom. The molecule has 3 rings (SSSR count). The topological polar surface area (TPSA) is 83.6 Å². The van der Waals surface area contributed by atoms with Crippen molar-refractivity contribution in [1.29, 1.82) is 0 Å². The first-order valence-corrected chi connectivity index (χ1v) is 12.0. The standard InChI is InChI=1S/C23H25F3N2O4S/c1-16(29)19-3-2-4-21(15-19)33(31,32)28-13-10-18(11-14-28)22(30)27-12-9-17-5-7-20(8-6-17)23(24,25)26/h2-8,15,18H,9-14H2,1H3,(H,27,30). The molecule has 0 aromatic heterocycles. The molecule has 178 valence electrons. The summed E-state index contributed by atoms with van der Waals surface area (Å²) < 4.78 is 65.0. The molecule has 6 nitrogen and oxygen atoms in total. The minimum atomic E-state index is -4.38. The number of carbonyl (C=O) groups excluding carboxylic acids is 2. The minimum absolute atomic E-state index is 0.0506. The van der Waals surface area contributed by atoms with Crippen LogP contribution in [0.3, 0.4) is 0 Å². The lowest BCUT2D eigenvalue weighted by Crippen LogP contribution is -2.43. The van der Waals surface area contributed by atoms with Gasteiger partial charge in [0.2, 0.25) is 15.9 Å². The first-order chi connectivity index (χ1) is 15.5. The fraction of sp³-hybridized carbons (Fsp3) is 0.391. The molecular weight excluding hydrogens is 457 g/mol. The van der Waals surface area contributed by atoms with Gasteiger partial charge < -0.3 is 5.32 Å². The molecule has 1 amide bonds. The van der Waals surface area contributed by atoms with E-state index in [1.165, 1.54) is 41.6 Å². The van der Waals surface area contributed by atoms with E-state index in [-0.39, 0.29) is 42.1 Å². The van der Waals surface area contributed by atoms with Crippen LogP contribution in [0.1, 0.15) is 41.3 Å². The summed E-state index contributed by atoms with van der Waals surface area (Å²) in [4.78, 5) is 24.1. The lowest BCUT2D eigenvalue weighted by atomic mass is 9.97. The summed E-state index contributed by atoms with van der Waals surface area (Å²) in [5.41, 5.74) is 0.278. The summed E-state index contributed by atoms with van der Waals surface area (Å²) in [5.74, 6) is -0.760. The zero-order valence-corrected chi connectivity index (χ0v) is 18.9. The maximum Gasteiger partial charge on any atom is 0.416 e. The van der Waals surface area contributed by atoms with Crippen LogP contribution in [0.25, 0.3) is 0 Å². The highest BCUT2D eigenvalue weighted by molar-refractivity contribution is 7.89. The first-order valence-electron chi connectivity index (χ1n) is 10.5. The Labute approximate surface area is 190 Å². The van der Waals surface area contributed by atoms with Crippen molar-refractivity contribution in [1.82, 2.24) is 9.62 Å². The van der Waals surface area contributed by atoms with Gasteiger partial charge in [0.25, 0.3) is 0 Å². The second-order valence-corrected chi connectivity index (χ2v) is 9.94. The molecule has 0 bridgehead atoms. The van der Waals surface area contributed by atoms with Crippen molar-refractivity contribution in [2.45, 2.75) is 37.3 Å². The predicted octanol–water partition coefficient (Wildman–Crippen LogP) is 3.67. The summed E-state index contributed by atoms with van der Waals surface area (Å²) in [6.45, 7) is 2.02. The van der Waals surface area contributed by atoms with Gasteiger partial charge in [-0.15, -0.1) is 0 Å². The molecule has 0 radical (unpaired) electrons. The minimum Gasteiger partial charge on any atom is -0.356 e. The second-order valence-electron chi connectivity index (χ2n) is 8.00. The number of sulfonamides is 1. The molecule has 0 atom stereocenters. The largest absolute Gasteiger partial charge is 0.416 e. The maximum absolute atomic E-state index is 12.9. The number of Topliss-reactive ketones (excluding diaryl/α,β-unsaturated/α-hetero) is 1. The van der Waals surface area contributed by atoms with Crippen LogP contribution in [0.2, 0.25) is 0 Å². The molecule has 1 aliphatic rings. The third-order valence-electron chi connectivity index (χ3n) is 5.70. The van der Waals surface area contributed by atoms with Crippen LogP contribution in [0.4, 0.5) is 13.2 Å². The molecular formula is C23H25F3N2O4S. The number of carbonyl (C=O) groups is 2. The highest BCUT2D eigenvalue weighted by Gasteiger charge is 2.32. The number of hydrogen-bond donors (Lipinski definition) is 1. The van der Waals surface area contributed by atoms with Crippen LogP contribution >= 0.6 is 0 Å². The second kappa shape index (κ2) is 10.0. The van der Waals surface area contributed by atoms with E-state index in [1.807, 2.05) is 0 Å². The molecule has 2 aromatic rings. The Kier molecular flexibility index (Phi) is 7.58. The van der Waals surface area contributed by atoms with Gasteiger partial charge in [0, 0.05) is 31.1 Å². The summed E-state index contributed by atoms with van der Waals surface area (Å²) >= 11 is 0. The highest BCUT2D eigenvalue weighted by Crippen LogP contribution is 2.29. The van der Waals surface area contributed by atoms with E-state index in [4.69, 9.17) is 0 Å². The normalized spacial score (nSPS) is 15.9. The molecule has 1 aliphatic heterocycles. The number of ketones is 1. The number of rotatable bonds is 7. The number of nitrogens with one attached hydrogen (secondary N) is 1. The van der Waals surface area contributed by atoms with E-state index in [9.17, 15) is 31.2 Å². The summed E-state index contributed by atoms with van der Waals surface area (Å²) in [6, 6.07) is 10.7. The Bertz CT molecular complexity index is 1110. The van der Waals surface area contributed by atoms with Crippen LogP contribution in [-0.4, -0.2) is 44.0 Å². The molecule has 1 saturated heterocycles. The monoisotopic (exact) mass is 482 g/mol. The zero-order valence-electron chi connectivity index (χ0n) is 18.1. The average molecular weight is 483 g/mol. The number of piperidine rings is 1. The molecule has 2 aromatic carbocycles. The van der Waals surface area contributed by atoms with Gasteiger partial charge in [-0.2, -0.15) is 17.5 Å². The number of alkyl halides is 3. The van der Waals surface area contributed by atoms with Gasteiger partial charge in [-0.25, -0.2) is 8.42 Å². The van der Waals surface area contributed by atoms with E-state index in [1.54, 1.807) is 6.07 Å². The summed E-state index contributed by atoms with van der Waals surface area (Å²) in [5, 5.41) is 2.78. The smallest absolute Gasteiger partial charge is 0.356 e. The SMILES string of the molecule is CC(=O)c1cccc(S(=O)(=O)N2CCC(C(=O)NCCc3ccc(C(F)(F)F)cc3)CC2)c1. The number of benzene rings is 2. The van der Waals surface area contributed by atoms with Gasteiger partial charge in [-0.3, -0.25) is 9.59 Å². The van der Waals surface area contributed by atoms with E-state index in [2.05, 4.69) is 5.32 Å². The Morgan fingerprint density at radius 1 is 1.06 bits per heavy atom. The molecule has 10 heteroatoms. The van der Waals surface area contributed by atoms with E-state index >= 15 is 0 Å². The third-order valence-corrected chi connectivity index (χ3v) is 7.59. The van der Waals surface area contributed by atoms with Crippen molar-refractivity contribution < 1.29 is 31.2 Å². The van der Waals surface area contributed by atoms with Crippen molar-refractivity contribution in [2.24, 2.45) is 5.92 Å². The Hall–Kier alpha value is -2.72. The summed E-state index contributed by atoms with van der Waals surface area (Å²) in [6.07, 6.45) is -3.27. The van der Waals surface area contributed by atoms with Crippen LogP contribution in [0.15, 0.2) is 53.4 Å². The predicted molar refractivity (Wildman–Crippen MR) is 116 cm³/mol. The molecule has 1 fully saturated rings. The van der Waals surface area contributed by atoms with Crippen molar-refractivity contribution in [3.63, 3.8) is 0 Å². The van der Waals surface area contributed by atoms with Gasteiger partial charge in [0.05, 0.1) is 10.5 Å². The van der Waals surface area contributed by atoms with Gasteiger partial charge in [-0.05, 0) is 56.0 Å². The lowest BCUT2D eigenvalue weighted by Gasteiger charge is -2.30. The Morgan fingerprint density at radius 2 is 1.70 bits per heavy atom. The summed E-state index contributed by atoms with van der Waals surface area (Å²) in [7, 11) is -3.76. The number of halogens is 3. The lowest BCUT2D eigenvalue weighted by molar-refractivity contribution is -0.137. The van der Waals surface area contributed by atoms with Crippen LogP contribution in [0.5, 0.6) is 0 Å². The molecule has 0 unspecified atom stereocenters. The van der Waals surface area contributed by atoms with Gasteiger partial charge in [-0.1, -0.05) is 24.3 Å². The van der Waals surface area contributed by atoms with Crippen molar-refractivity contribution in [3.05, 3.63) is 65.2 Å². The Balaban J connectivity index is 1.49. The fourth-order valence-electron chi connectivity index (χ4n) is 3.72. The molecule has 0 aliphatic carbocycles. The molecule has 1 heterocycles. The fourth-order valence-corrected chi connectivity index (χ4v) is 5.23. The number of hydrogen-bond acceptors (Lipinski definition) is 4. The van der Waals surface area contributed by atoms with E-state index < -0.39 is 21.8 Å². The van der Waals surface area contributed by atoms with E-state index in [0.717, 1.165) is 12.1 Å². The van der Waals surface area contributed by atoms with Crippen molar-refractivity contribution in [2.75, 3.05) is 19.6 Å². The first kappa shape index (κ1) is 24.9.